The fourth-order valence-electron chi connectivity index (χ4n) is 3.23. The molecule has 0 saturated heterocycles. The Morgan fingerprint density at radius 2 is 1.89 bits per heavy atom. The van der Waals surface area contributed by atoms with Gasteiger partial charge in [0, 0.05) is 22.2 Å². The van der Waals surface area contributed by atoms with Gasteiger partial charge in [0.05, 0.1) is 12.5 Å². The molecule has 1 aromatic carbocycles. The molecule has 0 unspecified atom stereocenters. The van der Waals surface area contributed by atoms with Crippen LogP contribution >= 0.6 is 0 Å². The molecule has 3 aromatic rings. The molecule has 0 fully saturated rings. The SMILES string of the molecule is Cc1c(/C=N/NC(=O)c2ccco2)c2ccccc2n1[Si](C)(C)C(C)(C)C. The maximum atomic E-state index is 12.0. The van der Waals surface area contributed by atoms with Crippen molar-refractivity contribution in [1.82, 2.24) is 9.66 Å². The van der Waals surface area contributed by atoms with Crippen LogP contribution < -0.4 is 5.43 Å². The maximum absolute atomic E-state index is 12.0. The topological polar surface area (TPSA) is 59.5 Å². The molecule has 0 aliphatic heterocycles. The van der Waals surface area contributed by atoms with E-state index in [2.05, 4.69) is 73.7 Å². The Kier molecular flexibility index (Phi) is 4.86. The zero-order valence-corrected chi connectivity index (χ0v) is 17.8. The Hall–Kier alpha value is -2.60. The van der Waals surface area contributed by atoms with Crippen molar-refractivity contribution >= 4 is 31.3 Å². The molecule has 1 amide bonds. The van der Waals surface area contributed by atoms with E-state index in [9.17, 15) is 4.79 Å². The van der Waals surface area contributed by atoms with E-state index in [4.69, 9.17) is 4.42 Å². The van der Waals surface area contributed by atoms with E-state index >= 15 is 0 Å². The van der Waals surface area contributed by atoms with Crippen molar-refractivity contribution in [2.45, 2.75) is 45.8 Å². The third kappa shape index (κ3) is 3.37. The molecule has 0 radical (unpaired) electrons. The number of rotatable bonds is 4. The van der Waals surface area contributed by atoms with Crippen molar-refractivity contribution in [2.75, 3.05) is 0 Å². The Morgan fingerprint density at radius 1 is 1.19 bits per heavy atom. The maximum Gasteiger partial charge on any atom is 0.307 e. The minimum atomic E-state index is -1.82. The largest absolute Gasteiger partial charge is 0.459 e. The molecule has 1 N–H and O–H groups in total. The number of benzene rings is 1. The van der Waals surface area contributed by atoms with Crippen LogP contribution in [0.3, 0.4) is 0 Å². The molecule has 2 aromatic heterocycles. The van der Waals surface area contributed by atoms with Gasteiger partial charge in [-0.05, 0) is 30.2 Å². The second-order valence-electron chi connectivity index (χ2n) is 8.34. The Balaban J connectivity index is 2.03. The molecule has 0 bridgehead atoms. The number of nitrogens with zero attached hydrogens (tertiary/aromatic N) is 2. The van der Waals surface area contributed by atoms with Gasteiger partial charge in [0.25, 0.3) is 0 Å². The molecular weight excluding hydrogens is 354 g/mol. The molecule has 142 valence electrons. The van der Waals surface area contributed by atoms with E-state index in [1.165, 1.54) is 17.5 Å². The summed E-state index contributed by atoms with van der Waals surface area (Å²) < 4.78 is 7.61. The summed E-state index contributed by atoms with van der Waals surface area (Å²) in [6.45, 7) is 13.9. The monoisotopic (exact) mass is 381 g/mol. The van der Waals surface area contributed by atoms with E-state index in [-0.39, 0.29) is 16.7 Å². The van der Waals surface area contributed by atoms with Crippen LogP contribution in [0.2, 0.25) is 18.1 Å². The first-order valence-corrected chi connectivity index (χ1v) is 12.1. The van der Waals surface area contributed by atoms with E-state index in [1.807, 2.05) is 6.07 Å². The van der Waals surface area contributed by atoms with Gasteiger partial charge in [-0.2, -0.15) is 5.10 Å². The average molecular weight is 382 g/mol. The highest BCUT2D eigenvalue weighted by Gasteiger charge is 2.39. The van der Waals surface area contributed by atoms with Crippen LogP contribution in [0.4, 0.5) is 0 Å². The Morgan fingerprint density at radius 3 is 2.52 bits per heavy atom. The minimum absolute atomic E-state index is 0.196. The average Bonchev–Trinajstić information content (AvgIpc) is 3.21. The molecule has 0 aliphatic carbocycles. The smallest absolute Gasteiger partial charge is 0.307 e. The number of furan rings is 1. The fraction of sp³-hybridized carbons (Fsp3) is 0.333. The number of amides is 1. The molecule has 6 heteroatoms. The van der Waals surface area contributed by atoms with Crippen LogP contribution in [0, 0.1) is 6.92 Å². The number of carbonyl (C=O) groups is 1. The molecule has 3 rings (SSSR count). The predicted molar refractivity (Wildman–Crippen MR) is 113 cm³/mol. The van der Waals surface area contributed by atoms with Crippen molar-refractivity contribution in [3.05, 3.63) is 59.7 Å². The van der Waals surface area contributed by atoms with Crippen LogP contribution in [-0.2, 0) is 0 Å². The van der Waals surface area contributed by atoms with E-state index in [0.717, 1.165) is 10.9 Å². The van der Waals surface area contributed by atoms with Crippen molar-refractivity contribution in [1.29, 1.82) is 0 Å². The van der Waals surface area contributed by atoms with Gasteiger partial charge >= 0.3 is 5.91 Å². The van der Waals surface area contributed by atoms with Crippen molar-refractivity contribution in [3.63, 3.8) is 0 Å². The van der Waals surface area contributed by atoms with Gasteiger partial charge in [-0.1, -0.05) is 52.1 Å². The number of carbonyl (C=O) groups excluding carboxylic acids is 1. The summed E-state index contributed by atoms with van der Waals surface area (Å²) in [5, 5.41) is 5.53. The number of para-hydroxylation sites is 1. The van der Waals surface area contributed by atoms with Gasteiger partial charge in [-0.15, -0.1) is 0 Å². The highest BCUT2D eigenvalue weighted by Crippen LogP contribution is 2.40. The molecule has 0 aliphatic rings. The first kappa shape index (κ1) is 19.2. The van der Waals surface area contributed by atoms with Crippen LogP contribution in [0.25, 0.3) is 10.9 Å². The zero-order chi connectivity index (χ0) is 19.8. The van der Waals surface area contributed by atoms with Crippen LogP contribution in [0.1, 0.15) is 42.6 Å². The first-order chi connectivity index (χ1) is 12.6. The van der Waals surface area contributed by atoms with Gasteiger partial charge in [0.2, 0.25) is 0 Å². The predicted octanol–water partition coefficient (Wildman–Crippen LogP) is 5.16. The Bertz CT molecular complexity index is 993. The normalized spacial score (nSPS) is 12.8. The third-order valence-corrected chi connectivity index (χ3v) is 11.0. The lowest BCUT2D eigenvalue weighted by Crippen LogP contribution is -2.46. The van der Waals surface area contributed by atoms with Gasteiger partial charge in [-0.3, -0.25) is 4.79 Å². The summed E-state index contributed by atoms with van der Waals surface area (Å²) in [7, 11) is -1.82. The second-order valence-corrected chi connectivity index (χ2v) is 13.4. The van der Waals surface area contributed by atoms with Crippen molar-refractivity contribution < 1.29 is 9.21 Å². The molecule has 0 saturated carbocycles. The number of hydrogen-bond acceptors (Lipinski definition) is 3. The molecule has 0 atom stereocenters. The summed E-state index contributed by atoms with van der Waals surface area (Å²) in [5.74, 6) is -0.116. The lowest BCUT2D eigenvalue weighted by molar-refractivity contribution is 0.0927. The fourth-order valence-corrected chi connectivity index (χ4v) is 5.66. The lowest BCUT2D eigenvalue weighted by atomic mass is 10.1. The molecule has 2 heterocycles. The van der Waals surface area contributed by atoms with Crippen molar-refractivity contribution in [3.8, 4) is 0 Å². The van der Waals surface area contributed by atoms with E-state index < -0.39 is 8.24 Å². The number of nitrogens with one attached hydrogen (secondary N) is 1. The van der Waals surface area contributed by atoms with Crippen LogP contribution in [0.5, 0.6) is 0 Å². The van der Waals surface area contributed by atoms with Gasteiger partial charge < -0.3 is 8.65 Å². The number of hydrogen-bond donors (Lipinski definition) is 1. The minimum Gasteiger partial charge on any atom is -0.459 e. The third-order valence-electron chi connectivity index (χ3n) is 5.66. The lowest BCUT2D eigenvalue weighted by Gasteiger charge is -2.39. The Labute approximate surface area is 161 Å². The molecule has 27 heavy (non-hydrogen) atoms. The standard InChI is InChI=1S/C21H27N3O2Si/c1-15-17(14-22-23-20(25)19-12-9-13-26-19)16-10-7-8-11-18(16)24(15)27(5,6)21(2,3)4/h7-14H,1-6H3,(H,23,25)/b22-14+. The summed E-state index contributed by atoms with van der Waals surface area (Å²) in [6, 6.07) is 11.7. The first-order valence-electron chi connectivity index (χ1n) is 9.12. The number of hydrazone groups is 1. The highest BCUT2D eigenvalue weighted by atomic mass is 28.3. The van der Waals surface area contributed by atoms with Crippen LogP contribution in [-0.4, -0.2) is 24.6 Å². The quantitative estimate of drug-likeness (QED) is 0.385. The second kappa shape index (κ2) is 6.85. The number of fused-ring (bicyclic) bond motifs is 1. The van der Waals surface area contributed by atoms with Gasteiger partial charge in [-0.25, -0.2) is 5.43 Å². The zero-order valence-electron chi connectivity index (χ0n) is 16.8. The van der Waals surface area contributed by atoms with Gasteiger partial charge in [0.15, 0.2) is 14.0 Å². The van der Waals surface area contributed by atoms with E-state index in [0.29, 0.717) is 0 Å². The van der Waals surface area contributed by atoms with Crippen molar-refractivity contribution in [2.24, 2.45) is 5.10 Å². The molecular formula is C21H27N3O2Si. The highest BCUT2D eigenvalue weighted by molar-refractivity contribution is 6.79. The summed E-state index contributed by atoms with van der Waals surface area (Å²) in [5.41, 5.74) is 5.98. The van der Waals surface area contributed by atoms with Gasteiger partial charge in [0.1, 0.15) is 0 Å². The summed E-state index contributed by atoms with van der Waals surface area (Å²) >= 11 is 0. The molecule has 0 spiro atoms. The van der Waals surface area contributed by atoms with Crippen LogP contribution in [0.15, 0.2) is 52.2 Å². The summed E-state index contributed by atoms with van der Waals surface area (Å²) in [6.07, 6.45) is 3.21. The van der Waals surface area contributed by atoms with E-state index in [1.54, 1.807) is 18.3 Å². The number of aromatic nitrogens is 1. The molecule has 5 nitrogen and oxygen atoms in total. The summed E-state index contributed by atoms with van der Waals surface area (Å²) in [4.78, 5) is 12.0.